The van der Waals surface area contributed by atoms with Crippen LogP contribution in [0.25, 0.3) is 0 Å². The van der Waals surface area contributed by atoms with Crippen LogP contribution in [0.2, 0.25) is 0 Å². The summed E-state index contributed by atoms with van der Waals surface area (Å²) < 4.78 is 6.61. The van der Waals surface area contributed by atoms with E-state index in [1.165, 1.54) is 29.1 Å². The number of furan rings is 1. The second-order valence-electron chi connectivity index (χ2n) is 6.51. The van der Waals surface area contributed by atoms with Gasteiger partial charge >= 0.3 is 0 Å². The number of carbonyl (C=O) groups excluding carboxylic acids is 2. The van der Waals surface area contributed by atoms with Crippen LogP contribution in [-0.4, -0.2) is 26.5 Å². The lowest BCUT2D eigenvalue weighted by molar-refractivity contribution is -0.385. The van der Waals surface area contributed by atoms with E-state index < -0.39 is 10.8 Å². The maximum Gasteiger partial charge on any atom is 0.282 e. The molecule has 154 valence electrons. The van der Waals surface area contributed by atoms with Crippen LogP contribution >= 0.6 is 11.8 Å². The Kier molecular flexibility index (Phi) is 5.53. The standard InChI is InChI=1S/C19H17N5O5S/c25-17(20-8-12-4-3-7-29-12)9-23-18(14-10-30-11-15(14)22-23)21-19(26)13-5-1-2-6-16(13)24(27)28/h1-7H,8-11H2,(H,20,25)(H,21,26). The van der Waals surface area contributed by atoms with Gasteiger partial charge < -0.3 is 15.1 Å². The van der Waals surface area contributed by atoms with E-state index in [4.69, 9.17) is 4.42 Å². The Labute approximate surface area is 174 Å². The number of thioether (sulfide) groups is 1. The van der Waals surface area contributed by atoms with Crippen LogP contribution in [0.3, 0.4) is 0 Å². The summed E-state index contributed by atoms with van der Waals surface area (Å²) in [7, 11) is 0. The number of nitrogens with one attached hydrogen (secondary N) is 2. The lowest BCUT2D eigenvalue weighted by atomic mass is 10.1. The minimum Gasteiger partial charge on any atom is -0.467 e. The van der Waals surface area contributed by atoms with Crippen LogP contribution < -0.4 is 10.6 Å². The van der Waals surface area contributed by atoms with Gasteiger partial charge in [0.05, 0.1) is 23.4 Å². The SMILES string of the molecule is O=C(Cn1nc2c(c1NC(=O)c1ccccc1[N+](=O)[O-])CSC2)NCc1ccco1. The Bertz CT molecular complexity index is 1110. The third-order valence-electron chi connectivity index (χ3n) is 4.53. The molecule has 0 unspecified atom stereocenters. The molecule has 0 saturated heterocycles. The molecule has 10 nitrogen and oxygen atoms in total. The number of hydrogen-bond donors (Lipinski definition) is 2. The van der Waals surface area contributed by atoms with Gasteiger partial charge in [-0.3, -0.25) is 19.7 Å². The molecule has 0 radical (unpaired) electrons. The molecule has 0 bridgehead atoms. The van der Waals surface area contributed by atoms with Crippen LogP contribution in [0.1, 0.15) is 27.4 Å². The molecule has 0 fully saturated rings. The summed E-state index contributed by atoms with van der Waals surface area (Å²) in [5.74, 6) is 1.38. The largest absolute Gasteiger partial charge is 0.467 e. The fourth-order valence-corrected chi connectivity index (χ4v) is 4.15. The highest BCUT2D eigenvalue weighted by atomic mass is 32.2. The summed E-state index contributed by atoms with van der Waals surface area (Å²) in [6.07, 6.45) is 1.52. The van der Waals surface area contributed by atoms with Gasteiger partial charge in [-0.05, 0) is 18.2 Å². The van der Waals surface area contributed by atoms with E-state index in [2.05, 4.69) is 15.7 Å². The van der Waals surface area contributed by atoms with Crippen LogP contribution in [0, 0.1) is 10.1 Å². The molecule has 0 aliphatic carbocycles. The molecule has 0 atom stereocenters. The van der Waals surface area contributed by atoms with Gasteiger partial charge in [0.2, 0.25) is 5.91 Å². The van der Waals surface area contributed by atoms with Gasteiger partial charge in [0.25, 0.3) is 11.6 Å². The van der Waals surface area contributed by atoms with Crippen molar-refractivity contribution >= 4 is 35.1 Å². The number of anilines is 1. The van der Waals surface area contributed by atoms with Gasteiger partial charge in [0.1, 0.15) is 23.7 Å². The zero-order valence-corrected chi connectivity index (χ0v) is 16.5. The highest BCUT2D eigenvalue weighted by molar-refractivity contribution is 7.98. The van der Waals surface area contributed by atoms with Crippen LogP contribution in [0.4, 0.5) is 11.5 Å². The van der Waals surface area contributed by atoms with E-state index >= 15 is 0 Å². The van der Waals surface area contributed by atoms with Crippen molar-refractivity contribution in [2.24, 2.45) is 0 Å². The molecule has 1 aliphatic heterocycles. The first kappa shape index (κ1) is 19.7. The number of nitro groups is 1. The number of benzene rings is 1. The lowest BCUT2D eigenvalue weighted by Gasteiger charge is -2.11. The number of amides is 2. The van der Waals surface area contributed by atoms with Gasteiger partial charge in [0.15, 0.2) is 0 Å². The summed E-state index contributed by atoms with van der Waals surface area (Å²) in [6.45, 7) is 0.130. The quantitative estimate of drug-likeness (QED) is 0.437. The minimum absolute atomic E-state index is 0.0584. The van der Waals surface area contributed by atoms with Gasteiger partial charge in [0, 0.05) is 23.1 Å². The Morgan fingerprint density at radius 1 is 1.23 bits per heavy atom. The molecule has 2 amide bonds. The minimum atomic E-state index is -0.626. The number of hydrogen-bond acceptors (Lipinski definition) is 7. The average molecular weight is 427 g/mol. The van der Waals surface area contributed by atoms with Gasteiger partial charge in [-0.1, -0.05) is 12.1 Å². The third-order valence-corrected chi connectivity index (χ3v) is 5.50. The van der Waals surface area contributed by atoms with E-state index in [1.54, 1.807) is 30.0 Å². The molecule has 2 N–H and O–H groups in total. The number of fused-ring (bicyclic) bond motifs is 1. The fourth-order valence-electron chi connectivity index (χ4n) is 3.11. The molecule has 30 heavy (non-hydrogen) atoms. The highest BCUT2D eigenvalue weighted by Gasteiger charge is 2.27. The second-order valence-corrected chi connectivity index (χ2v) is 7.49. The van der Waals surface area contributed by atoms with E-state index in [0.717, 1.165) is 11.3 Å². The Balaban J connectivity index is 1.54. The number of rotatable bonds is 7. The smallest absolute Gasteiger partial charge is 0.282 e. The van der Waals surface area contributed by atoms with Crippen LogP contribution in [0.5, 0.6) is 0 Å². The van der Waals surface area contributed by atoms with Crippen molar-refractivity contribution in [1.82, 2.24) is 15.1 Å². The van der Waals surface area contributed by atoms with Crippen molar-refractivity contribution < 1.29 is 18.9 Å². The fraction of sp³-hybridized carbons (Fsp3) is 0.211. The van der Waals surface area contributed by atoms with E-state index in [0.29, 0.717) is 23.1 Å². The number of nitrogens with zero attached hydrogens (tertiary/aromatic N) is 3. The average Bonchev–Trinajstić information content (AvgIpc) is 3.46. The third kappa shape index (κ3) is 4.06. The maximum atomic E-state index is 12.8. The monoisotopic (exact) mass is 427 g/mol. The summed E-state index contributed by atoms with van der Waals surface area (Å²) >= 11 is 1.64. The van der Waals surface area contributed by atoms with Crippen molar-refractivity contribution in [2.75, 3.05) is 5.32 Å². The second kappa shape index (κ2) is 8.41. The number of nitro benzene ring substituents is 1. The predicted molar refractivity (Wildman–Crippen MR) is 109 cm³/mol. The molecule has 1 aliphatic rings. The molecule has 4 rings (SSSR count). The first-order valence-corrected chi connectivity index (χ1v) is 10.2. The number of aromatic nitrogens is 2. The predicted octanol–water partition coefficient (Wildman–Crippen LogP) is 2.70. The van der Waals surface area contributed by atoms with Gasteiger partial charge in [-0.15, -0.1) is 0 Å². The van der Waals surface area contributed by atoms with Crippen molar-refractivity contribution in [3.8, 4) is 0 Å². The zero-order valence-electron chi connectivity index (χ0n) is 15.7. The normalized spacial score (nSPS) is 12.4. The Hall–Kier alpha value is -3.60. The molecule has 3 aromatic rings. The van der Waals surface area contributed by atoms with Crippen LogP contribution in [-0.2, 0) is 29.4 Å². The molecule has 1 aromatic carbocycles. The van der Waals surface area contributed by atoms with Gasteiger partial charge in [-0.2, -0.15) is 16.9 Å². The number of carbonyl (C=O) groups is 2. The number of para-hydroxylation sites is 1. The van der Waals surface area contributed by atoms with Crippen molar-refractivity contribution in [1.29, 1.82) is 0 Å². The van der Waals surface area contributed by atoms with E-state index in [1.807, 2.05) is 0 Å². The van der Waals surface area contributed by atoms with Crippen molar-refractivity contribution in [3.05, 3.63) is 75.4 Å². The summed E-state index contributed by atoms with van der Waals surface area (Å²) in [6, 6.07) is 9.19. The molecule has 0 saturated carbocycles. The van der Waals surface area contributed by atoms with Crippen LogP contribution in [0.15, 0.2) is 47.1 Å². The molecular weight excluding hydrogens is 410 g/mol. The Morgan fingerprint density at radius 2 is 2.07 bits per heavy atom. The summed E-state index contributed by atoms with van der Waals surface area (Å²) in [5, 5.41) is 21.1. The molecule has 3 heterocycles. The van der Waals surface area contributed by atoms with E-state index in [-0.39, 0.29) is 30.2 Å². The zero-order chi connectivity index (χ0) is 21.1. The first-order chi connectivity index (χ1) is 14.5. The summed E-state index contributed by atoms with van der Waals surface area (Å²) in [5.41, 5.74) is 1.27. The molecular formula is C19H17N5O5S. The van der Waals surface area contributed by atoms with Gasteiger partial charge in [-0.25, -0.2) is 4.68 Å². The van der Waals surface area contributed by atoms with E-state index in [9.17, 15) is 19.7 Å². The highest BCUT2D eigenvalue weighted by Crippen LogP contribution is 2.35. The van der Waals surface area contributed by atoms with Crippen molar-refractivity contribution in [2.45, 2.75) is 24.6 Å². The molecule has 2 aromatic heterocycles. The lowest BCUT2D eigenvalue weighted by Crippen LogP contribution is -2.28. The molecule has 0 spiro atoms. The summed E-state index contributed by atoms with van der Waals surface area (Å²) in [4.78, 5) is 35.8. The maximum absolute atomic E-state index is 12.8. The topological polar surface area (TPSA) is 132 Å². The van der Waals surface area contributed by atoms with Crippen molar-refractivity contribution in [3.63, 3.8) is 0 Å². The Morgan fingerprint density at radius 3 is 2.83 bits per heavy atom. The molecule has 11 heteroatoms. The first-order valence-electron chi connectivity index (χ1n) is 9.03.